The Morgan fingerprint density at radius 3 is 2.80 bits per heavy atom. The molecule has 3 rings (SSSR count). The molecule has 3 heteroatoms. The summed E-state index contributed by atoms with van der Waals surface area (Å²) in [5.41, 5.74) is 1.90. The Bertz CT molecular complexity index is 512. The molecular weight excluding hydrogens is 266 g/mol. The Balaban J connectivity index is 1.87. The molecule has 2 atom stereocenters. The number of carbonyl (C=O) groups excluding carboxylic acids is 1. The van der Waals surface area contributed by atoms with Crippen LogP contribution in [0.25, 0.3) is 0 Å². The van der Waals surface area contributed by atoms with E-state index in [9.17, 15) is 4.79 Å². The van der Waals surface area contributed by atoms with E-state index in [1.54, 1.807) is 0 Å². The number of rotatable bonds is 1. The monoisotopic (exact) mass is 289 g/mol. The number of hydrogen-bond acceptors (Lipinski definition) is 2. The third-order valence-corrected chi connectivity index (χ3v) is 5.23. The fourth-order valence-corrected chi connectivity index (χ4v) is 4.08. The number of aryl methyl sites for hydroxylation is 1. The van der Waals surface area contributed by atoms with Crippen molar-refractivity contribution in [3.8, 4) is 0 Å². The standard InChI is InChI=1S/C17H23NOS/c1-12-8-9-14(20)11-15(12)17(19)18-10-4-6-13-5-2-3-7-16(13)18/h8-9,11,13,16,20H,2-7,10H2,1H3/t13-,16-/m1/s1. The van der Waals surface area contributed by atoms with Gasteiger partial charge in [-0.05, 0) is 56.2 Å². The maximum Gasteiger partial charge on any atom is 0.254 e. The van der Waals surface area contributed by atoms with E-state index in [0.717, 1.165) is 34.9 Å². The molecule has 2 fully saturated rings. The largest absolute Gasteiger partial charge is 0.335 e. The molecule has 2 nitrogen and oxygen atoms in total. The summed E-state index contributed by atoms with van der Waals surface area (Å²) in [5.74, 6) is 0.955. The van der Waals surface area contributed by atoms with Gasteiger partial charge in [0.2, 0.25) is 0 Å². The molecule has 1 aliphatic carbocycles. The molecule has 1 aromatic rings. The number of likely N-dealkylation sites (tertiary alicyclic amines) is 1. The molecule has 20 heavy (non-hydrogen) atoms. The van der Waals surface area contributed by atoms with Gasteiger partial charge >= 0.3 is 0 Å². The number of benzene rings is 1. The molecule has 0 N–H and O–H groups in total. The summed E-state index contributed by atoms with van der Waals surface area (Å²) in [7, 11) is 0. The summed E-state index contributed by atoms with van der Waals surface area (Å²) >= 11 is 4.38. The molecule has 1 heterocycles. The van der Waals surface area contributed by atoms with Gasteiger partial charge in [0.1, 0.15) is 0 Å². The highest BCUT2D eigenvalue weighted by Crippen LogP contribution is 2.36. The lowest BCUT2D eigenvalue weighted by Gasteiger charge is -2.44. The Morgan fingerprint density at radius 2 is 1.95 bits per heavy atom. The molecule has 0 radical (unpaired) electrons. The summed E-state index contributed by atoms with van der Waals surface area (Å²) < 4.78 is 0. The molecule has 1 saturated carbocycles. The van der Waals surface area contributed by atoms with Crippen LogP contribution in [0.3, 0.4) is 0 Å². The normalized spacial score (nSPS) is 26.2. The number of piperidine rings is 1. The molecule has 1 saturated heterocycles. The fourth-order valence-electron chi connectivity index (χ4n) is 3.87. The van der Waals surface area contributed by atoms with Crippen LogP contribution >= 0.6 is 12.6 Å². The van der Waals surface area contributed by atoms with Gasteiger partial charge in [0.15, 0.2) is 0 Å². The summed E-state index contributed by atoms with van der Waals surface area (Å²) in [4.78, 5) is 15.9. The lowest BCUT2D eigenvalue weighted by Crippen LogP contribution is -2.49. The van der Waals surface area contributed by atoms with Crippen molar-refractivity contribution >= 4 is 18.5 Å². The average molecular weight is 289 g/mol. The van der Waals surface area contributed by atoms with Gasteiger partial charge < -0.3 is 4.90 Å². The van der Waals surface area contributed by atoms with Crippen LogP contribution in [-0.2, 0) is 0 Å². The molecule has 2 aliphatic rings. The maximum atomic E-state index is 12.9. The minimum Gasteiger partial charge on any atom is -0.335 e. The molecular formula is C17H23NOS. The number of amides is 1. The second-order valence-corrected chi connectivity index (χ2v) is 6.77. The molecule has 108 valence electrons. The van der Waals surface area contributed by atoms with Crippen molar-refractivity contribution in [2.75, 3.05) is 6.54 Å². The highest BCUT2D eigenvalue weighted by Gasteiger charge is 2.36. The lowest BCUT2D eigenvalue weighted by atomic mass is 9.78. The van der Waals surface area contributed by atoms with Crippen LogP contribution < -0.4 is 0 Å². The van der Waals surface area contributed by atoms with Gasteiger partial charge in [0.25, 0.3) is 5.91 Å². The van der Waals surface area contributed by atoms with Crippen LogP contribution in [0.15, 0.2) is 23.1 Å². The van der Waals surface area contributed by atoms with Crippen LogP contribution in [0.5, 0.6) is 0 Å². The Morgan fingerprint density at radius 1 is 1.20 bits per heavy atom. The summed E-state index contributed by atoms with van der Waals surface area (Å²) in [5, 5.41) is 0. The van der Waals surface area contributed by atoms with E-state index in [1.165, 1.54) is 32.1 Å². The van der Waals surface area contributed by atoms with E-state index in [1.807, 2.05) is 25.1 Å². The fraction of sp³-hybridized carbons (Fsp3) is 0.588. The number of thiol groups is 1. The van der Waals surface area contributed by atoms with Gasteiger partial charge in [-0.15, -0.1) is 12.6 Å². The molecule has 0 unspecified atom stereocenters. The van der Waals surface area contributed by atoms with E-state index >= 15 is 0 Å². The topological polar surface area (TPSA) is 20.3 Å². The third-order valence-electron chi connectivity index (χ3n) is 4.96. The van der Waals surface area contributed by atoms with Gasteiger partial charge in [0, 0.05) is 23.0 Å². The molecule has 1 amide bonds. The summed E-state index contributed by atoms with van der Waals surface area (Å²) in [6, 6.07) is 6.35. The smallest absolute Gasteiger partial charge is 0.254 e. The Labute approximate surface area is 127 Å². The predicted octanol–water partition coefficient (Wildman–Crippen LogP) is 4.08. The van der Waals surface area contributed by atoms with Gasteiger partial charge in [-0.25, -0.2) is 0 Å². The number of nitrogens with zero attached hydrogens (tertiary/aromatic N) is 1. The summed E-state index contributed by atoms with van der Waals surface area (Å²) in [6.07, 6.45) is 7.58. The van der Waals surface area contributed by atoms with Crippen molar-refractivity contribution in [3.63, 3.8) is 0 Å². The van der Waals surface area contributed by atoms with Crippen LogP contribution in [0.4, 0.5) is 0 Å². The highest BCUT2D eigenvalue weighted by molar-refractivity contribution is 7.80. The molecule has 0 bridgehead atoms. The maximum absolute atomic E-state index is 12.9. The highest BCUT2D eigenvalue weighted by atomic mass is 32.1. The van der Waals surface area contributed by atoms with E-state index in [0.29, 0.717) is 6.04 Å². The quantitative estimate of drug-likeness (QED) is 0.772. The SMILES string of the molecule is Cc1ccc(S)cc1C(=O)N1CCC[C@H]2CCCC[C@H]21. The van der Waals surface area contributed by atoms with Crippen molar-refractivity contribution in [1.82, 2.24) is 4.90 Å². The predicted molar refractivity (Wildman–Crippen MR) is 84.4 cm³/mol. The van der Waals surface area contributed by atoms with E-state index in [-0.39, 0.29) is 5.91 Å². The first-order valence-corrected chi connectivity index (χ1v) is 8.22. The zero-order chi connectivity index (χ0) is 14.1. The number of hydrogen-bond donors (Lipinski definition) is 1. The Kier molecular flexibility index (Phi) is 4.06. The molecule has 1 aromatic carbocycles. The Hall–Kier alpha value is -0.960. The second kappa shape index (κ2) is 5.80. The van der Waals surface area contributed by atoms with Crippen molar-refractivity contribution < 1.29 is 4.79 Å². The van der Waals surface area contributed by atoms with Crippen molar-refractivity contribution in [2.45, 2.75) is 56.4 Å². The third kappa shape index (κ3) is 2.60. The first-order valence-electron chi connectivity index (χ1n) is 7.77. The zero-order valence-electron chi connectivity index (χ0n) is 12.1. The van der Waals surface area contributed by atoms with Crippen LogP contribution in [0.2, 0.25) is 0 Å². The van der Waals surface area contributed by atoms with Crippen molar-refractivity contribution in [1.29, 1.82) is 0 Å². The van der Waals surface area contributed by atoms with Crippen molar-refractivity contribution in [3.05, 3.63) is 29.3 Å². The average Bonchev–Trinajstić information content (AvgIpc) is 2.48. The molecule has 1 aliphatic heterocycles. The van der Waals surface area contributed by atoms with Crippen LogP contribution in [-0.4, -0.2) is 23.4 Å². The zero-order valence-corrected chi connectivity index (χ0v) is 13.0. The molecule has 0 aromatic heterocycles. The second-order valence-electron chi connectivity index (χ2n) is 6.25. The first-order chi connectivity index (χ1) is 9.66. The van der Waals surface area contributed by atoms with Crippen LogP contribution in [0.1, 0.15) is 54.4 Å². The van der Waals surface area contributed by atoms with E-state index in [4.69, 9.17) is 0 Å². The summed E-state index contributed by atoms with van der Waals surface area (Å²) in [6.45, 7) is 2.94. The van der Waals surface area contributed by atoms with Gasteiger partial charge in [-0.1, -0.05) is 18.9 Å². The van der Waals surface area contributed by atoms with Crippen molar-refractivity contribution in [2.24, 2.45) is 5.92 Å². The van der Waals surface area contributed by atoms with E-state index < -0.39 is 0 Å². The number of fused-ring (bicyclic) bond motifs is 1. The minimum atomic E-state index is 0.218. The van der Waals surface area contributed by atoms with Crippen LogP contribution in [0, 0.1) is 12.8 Å². The lowest BCUT2D eigenvalue weighted by molar-refractivity contribution is 0.0390. The van der Waals surface area contributed by atoms with E-state index in [2.05, 4.69) is 17.5 Å². The van der Waals surface area contributed by atoms with Gasteiger partial charge in [0.05, 0.1) is 0 Å². The van der Waals surface area contributed by atoms with Gasteiger partial charge in [-0.3, -0.25) is 4.79 Å². The minimum absolute atomic E-state index is 0.218. The molecule has 0 spiro atoms. The number of carbonyl (C=O) groups is 1. The van der Waals surface area contributed by atoms with Gasteiger partial charge in [-0.2, -0.15) is 0 Å². The first kappa shape index (κ1) is 14.0.